The zero-order valence-corrected chi connectivity index (χ0v) is 16.1. The van der Waals surface area contributed by atoms with Crippen LogP contribution < -0.4 is 0 Å². The molecule has 2 rings (SSSR count). The van der Waals surface area contributed by atoms with Crippen molar-refractivity contribution in [1.82, 2.24) is 0 Å². The Kier molecular flexibility index (Phi) is 4.49. The van der Waals surface area contributed by atoms with Gasteiger partial charge >= 0.3 is 0 Å². The van der Waals surface area contributed by atoms with Gasteiger partial charge in [0.15, 0.2) is 5.79 Å². The Morgan fingerprint density at radius 1 is 1.62 bits per heavy atom. The van der Waals surface area contributed by atoms with Crippen LogP contribution >= 0.6 is 15.9 Å². The fourth-order valence-electron chi connectivity index (χ4n) is 3.53. The highest BCUT2D eigenvalue weighted by Gasteiger charge is 2.63. The van der Waals surface area contributed by atoms with Crippen molar-refractivity contribution in [3.05, 3.63) is 29.2 Å². The molecule has 0 amide bonds. The Morgan fingerprint density at radius 2 is 2.24 bits per heavy atom. The lowest BCUT2D eigenvalue weighted by Gasteiger charge is -2.43. The van der Waals surface area contributed by atoms with Gasteiger partial charge in [0.2, 0.25) is 0 Å². The van der Waals surface area contributed by atoms with Crippen molar-refractivity contribution < 1.29 is 14.6 Å². The number of methoxy groups -OCH3 is 1. The van der Waals surface area contributed by atoms with E-state index in [1.165, 1.54) is 5.57 Å². The van der Waals surface area contributed by atoms with E-state index in [1.807, 2.05) is 0 Å². The van der Waals surface area contributed by atoms with Crippen LogP contribution in [-0.2, 0) is 9.47 Å². The first-order valence-corrected chi connectivity index (χ1v) is 11.6. The molecule has 2 aliphatic rings. The highest BCUT2D eigenvalue weighted by molar-refractivity contribution is 9.09. The molecule has 1 saturated heterocycles. The predicted molar refractivity (Wildman–Crippen MR) is 91.2 cm³/mol. The number of rotatable bonds is 4. The maximum atomic E-state index is 11.1. The highest BCUT2D eigenvalue weighted by atomic mass is 79.9. The van der Waals surface area contributed by atoms with Crippen LogP contribution in [-0.4, -0.2) is 43.6 Å². The van der Waals surface area contributed by atoms with Gasteiger partial charge in [0.25, 0.3) is 0 Å². The molecule has 1 aliphatic carbocycles. The van der Waals surface area contributed by atoms with E-state index in [4.69, 9.17) is 9.47 Å². The lowest BCUT2D eigenvalue weighted by Crippen LogP contribution is -2.53. The summed E-state index contributed by atoms with van der Waals surface area (Å²) in [6.45, 7) is 12.9. The second-order valence-electron chi connectivity index (χ2n) is 7.19. The van der Waals surface area contributed by atoms with Crippen LogP contribution in [0.2, 0.25) is 19.6 Å². The van der Waals surface area contributed by atoms with E-state index in [9.17, 15) is 5.11 Å². The average molecular weight is 373 g/mol. The molecule has 0 aromatic rings. The third-order valence-corrected chi connectivity index (χ3v) is 8.21. The first-order chi connectivity index (χ1) is 9.63. The summed E-state index contributed by atoms with van der Waals surface area (Å²) in [5.74, 6) is -0.689. The highest BCUT2D eigenvalue weighted by Crippen LogP contribution is 2.55. The number of hydrogen-bond acceptors (Lipinski definition) is 3. The third kappa shape index (κ3) is 2.54. The summed E-state index contributed by atoms with van der Waals surface area (Å²) in [7, 11) is -0.0532. The van der Waals surface area contributed by atoms with E-state index >= 15 is 0 Å². The Bertz CT molecular complexity index is 518. The summed E-state index contributed by atoms with van der Waals surface area (Å²) in [6, 6.07) is 0. The van der Waals surface area contributed by atoms with Gasteiger partial charge in [-0.25, -0.2) is 0 Å². The van der Waals surface area contributed by atoms with Crippen molar-refractivity contribution in [3.63, 3.8) is 0 Å². The van der Waals surface area contributed by atoms with Crippen LogP contribution in [0.15, 0.2) is 29.2 Å². The second kappa shape index (κ2) is 5.48. The number of fused-ring (bicyclic) bond motifs is 2. The molecule has 0 aromatic carbocycles. The summed E-state index contributed by atoms with van der Waals surface area (Å²) in [5.41, 5.74) is 3.68. The normalized spacial score (nSPS) is 36.9. The van der Waals surface area contributed by atoms with E-state index in [0.717, 1.165) is 5.20 Å². The lowest BCUT2D eigenvalue weighted by molar-refractivity contribution is -0.187. The van der Waals surface area contributed by atoms with Crippen molar-refractivity contribution >= 4 is 24.0 Å². The molecule has 1 aliphatic heterocycles. The van der Waals surface area contributed by atoms with Gasteiger partial charge < -0.3 is 14.6 Å². The second-order valence-corrected chi connectivity index (χ2v) is 13.1. The molecule has 2 bridgehead atoms. The van der Waals surface area contributed by atoms with Crippen molar-refractivity contribution in [2.75, 3.05) is 13.7 Å². The molecule has 4 atom stereocenters. The number of aliphatic hydroxyl groups is 1. The molecule has 5 heteroatoms. The Morgan fingerprint density at radius 3 is 2.71 bits per heavy atom. The molecule has 21 heavy (non-hydrogen) atoms. The number of halogens is 1. The molecule has 118 valence electrons. The summed E-state index contributed by atoms with van der Waals surface area (Å²) in [5, 5.41) is 12.1. The molecule has 0 saturated carbocycles. The van der Waals surface area contributed by atoms with E-state index < -0.39 is 25.4 Å². The number of alkyl halides is 1. The van der Waals surface area contributed by atoms with Gasteiger partial charge in [-0.2, -0.15) is 0 Å². The van der Waals surface area contributed by atoms with Crippen LogP contribution in [0.1, 0.15) is 13.3 Å². The summed E-state index contributed by atoms with van der Waals surface area (Å²) >= 11 is 3.75. The Balaban J connectivity index is 2.51. The van der Waals surface area contributed by atoms with Gasteiger partial charge in [0.1, 0.15) is 0 Å². The Labute approximate surface area is 136 Å². The van der Waals surface area contributed by atoms with Crippen LogP contribution in [0.25, 0.3) is 0 Å². The molecule has 1 N–H and O–H groups in total. The molecule has 0 radical (unpaired) electrons. The molecular weight excluding hydrogens is 348 g/mol. The number of hydrogen-bond donors (Lipinski definition) is 1. The maximum Gasteiger partial charge on any atom is 0.185 e. The minimum atomic E-state index is -1.72. The average Bonchev–Trinajstić information content (AvgIpc) is 2.56. The van der Waals surface area contributed by atoms with Gasteiger partial charge in [0.05, 0.1) is 31.0 Å². The molecule has 0 spiro atoms. The number of ether oxygens (including phenoxy) is 2. The van der Waals surface area contributed by atoms with Gasteiger partial charge in [0, 0.05) is 13.5 Å². The first kappa shape index (κ1) is 17.2. The topological polar surface area (TPSA) is 38.7 Å². The summed E-state index contributed by atoms with van der Waals surface area (Å²) in [4.78, 5) is -0.0964. The molecular formula is C16H25BrO3Si. The van der Waals surface area contributed by atoms with Gasteiger partial charge in [-0.1, -0.05) is 53.8 Å². The Hall–Kier alpha value is -0.163. The summed E-state index contributed by atoms with van der Waals surface area (Å²) in [6.07, 6.45) is 2.21. The zero-order chi connectivity index (χ0) is 16.1. The smallest absolute Gasteiger partial charge is 0.185 e. The fraction of sp³-hybridized carbons (Fsp3) is 0.688. The van der Waals surface area contributed by atoms with E-state index in [0.29, 0.717) is 13.0 Å². The van der Waals surface area contributed by atoms with E-state index in [2.05, 4.69) is 60.9 Å². The van der Waals surface area contributed by atoms with Gasteiger partial charge in [-0.3, -0.25) is 0 Å². The van der Waals surface area contributed by atoms with Crippen molar-refractivity contribution in [3.8, 4) is 0 Å². The standard InChI is InChI=1S/C16H25BrO3Si/c1-7-12(21(4,5)6)13(18)15-8-11(2)9-16(19-3,14(15)17)20-10-15/h8,13-14,18H,1,9-10H2,2-6H3/t13-,14-,15-,16-/m0/s1. The monoisotopic (exact) mass is 372 g/mol. The molecule has 1 fully saturated rings. The van der Waals surface area contributed by atoms with Crippen molar-refractivity contribution in [2.45, 2.75) is 49.7 Å². The maximum absolute atomic E-state index is 11.1. The largest absolute Gasteiger partial charge is 0.387 e. The van der Waals surface area contributed by atoms with Gasteiger partial charge in [-0.05, 0) is 12.1 Å². The van der Waals surface area contributed by atoms with Crippen molar-refractivity contribution in [2.24, 2.45) is 5.41 Å². The van der Waals surface area contributed by atoms with Crippen LogP contribution in [0.4, 0.5) is 0 Å². The molecule has 3 nitrogen and oxygen atoms in total. The number of aliphatic hydroxyl groups excluding tert-OH is 1. The minimum absolute atomic E-state index is 0.0964. The fourth-order valence-corrected chi connectivity index (χ4v) is 6.14. The molecule has 0 aromatic heterocycles. The SMILES string of the molecule is C=C=C([C@H](O)[C@]12C=C(C)C[C@](OC)(OC1)[C@H]2Br)[Si](C)(C)C. The first-order valence-electron chi connectivity index (χ1n) is 7.23. The van der Waals surface area contributed by atoms with Crippen LogP contribution in [0, 0.1) is 5.41 Å². The molecule has 0 unspecified atom stereocenters. The lowest BCUT2D eigenvalue weighted by atomic mass is 9.72. The molecule has 1 heterocycles. The van der Waals surface area contributed by atoms with Crippen LogP contribution in [0.3, 0.4) is 0 Å². The predicted octanol–water partition coefficient (Wildman–Crippen LogP) is 3.41. The van der Waals surface area contributed by atoms with Gasteiger partial charge in [-0.15, -0.1) is 5.73 Å². The zero-order valence-electron chi connectivity index (χ0n) is 13.5. The quantitative estimate of drug-likeness (QED) is 0.355. The van der Waals surface area contributed by atoms with Crippen molar-refractivity contribution in [1.29, 1.82) is 0 Å². The summed E-state index contributed by atoms with van der Waals surface area (Å²) < 4.78 is 11.7. The third-order valence-electron chi connectivity index (χ3n) is 4.59. The minimum Gasteiger partial charge on any atom is -0.387 e. The van der Waals surface area contributed by atoms with E-state index in [-0.39, 0.29) is 4.83 Å². The van der Waals surface area contributed by atoms with Crippen LogP contribution in [0.5, 0.6) is 0 Å². The van der Waals surface area contributed by atoms with E-state index in [1.54, 1.807) is 7.11 Å².